The summed E-state index contributed by atoms with van der Waals surface area (Å²) in [7, 11) is 0. The number of hydrogen-bond donors (Lipinski definition) is 0. The highest BCUT2D eigenvalue weighted by atomic mass is 127. The number of rotatable bonds is 2. The molecule has 0 saturated heterocycles. The quantitative estimate of drug-likeness (QED) is 0.367. The van der Waals surface area contributed by atoms with E-state index in [1.54, 1.807) is 24.3 Å². The second-order valence-electron chi connectivity index (χ2n) is 3.39. The molecule has 2 rings (SSSR count). The third-order valence-corrected chi connectivity index (χ3v) is 3.21. The van der Waals surface area contributed by atoms with Crippen LogP contribution >= 0.6 is 34.2 Å². The van der Waals surface area contributed by atoms with E-state index < -0.39 is 11.6 Å². The van der Waals surface area contributed by atoms with Crippen LogP contribution in [0.3, 0.4) is 0 Å². The average Bonchev–Trinajstić information content (AvgIpc) is 2.34. The second kappa shape index (κ2) is 5.71. The van der Waals surface area contributed by atoms with Gasteiger partial charge in [-0.25, -0.2) is 8.78 Å². The van der Waals surface area contributed by atoms with E-state index in [0.717, 1.165) is 12.1 Å². The first-order valence-corrected chi connectivity index (χ1v) is 6.34. The van der Waals surface area contributed by atoms with Gasteiger partial charge < -0.3 is 0 Å². The highest BCUT2D eigenvalue weighted by Gasteiger charge is 2.07. The van der Waals surface area contributed by atoms with E-state index in [2.05, 4.69) is 10.2 Å². The van der Waals surface area contributed by atoms with Gasteiger partial charge in [-0.1, -0.05) is 11.6 Å². The Hall–Kier alpha value is -1.08. The van der Waals surface area contributed by atoms with Crippen LogP contribution in [0.15, 0.2) is 46.6 Å². The van der Waals surface area contributed by atoms with Crippen molar-refractivity contribution in [1.29, 1.82) is 0 Å². The molecule has 0 N–H and O–H groups in total. The molecule has 0 aliphatic heterocycles. The zero-order chi connectivity index (χ0) is 13.1. The van der Waals surface area contributed by atoms with Gasteiger partial charge in [0.25, 0.3) is 0 Å². The van der Waals surface area contributed by atoms with Crippen LogP contribution in [0.4, 0.5) is 20.2 Å². The summed E-state index contributed by atoms with van der Waals surface area (Å²) in [5, 5.41) is 8.39. The minimum Gasteiger partial charge on any atom is -0.204 e. The van der Waals surface area contributed by atoms with Crippen LogP contribution in [0.1, 0.15) is 0 Å². The third kappa shape index (κ3) is 3.23. The standard InChI is InChI=1S/C12H6ClF2IN2/c13-7-1-3-8(4-2-7)17-18-12-6-10(15)9(14)5-11(12)16/h1-6H. The summed E-state index contributed by atoms with van der Waals surface area (Å²) in [6.45, 7) is 0. The van der Waals surface area contributed by atoms with Crippen LogP contribution in [0, 0.1) is 15.2 Å². The lowest BCUT2D eigenvalue weighted by Gasteiger charge is -1.99. The molecular formula is C12H6ClF2IN2. The van der Waals surface area contributed by atoms with Crippen LogP contribution in [0.25, 0.3) is 0 Å². The van der Waals surface area contributed by atoms with Crippen LogP contribution in [0.5, 0.6) is 0 Å². The van der Waals surface area contributed by atoms with Crippen molar-refractivity contribution in [1.82, 2.24) is 0 Å². The smallest absolute Gasteiger partial charge is 0.161 e. The highest BCUT2D eigenvalue weighted by molar-refractivity contribution is 14.1. The molecule has 0 fully saturated rings. The van der Waals surface area contributed by atoms with E-state index >= 15 is 0 Å². The summed E-state index contributed by atoms with van der Waals surface area (Å²) >= 11 is 7.60. The molecule has 2 aromatic rings. The van der Waals surface area contributed by atoms with Crippen molar-refractivity contribution in [3.05, 3.63) is 56.6 Å². The Balaban J connectivity index is 2.28. The summed E-state index contributed by atoms with van der Waals surface area (Å²) in [6.07, 6.45) is 0. The molecule has 0 aromatic heterocycles. The van der Waals surface area contributed by atoms with Crippen molar-refractivity contribution in [2.45, 2.75) is 0 Å². The van der Waals surface area contributed by atoms with Gasteiger partial charge in [0.1, 0.15) is 5.69 Å². The van der Waals surface area contributed by atoms with Crippen molar-refractivity contribution in [3.8, 4) is 0 Å². The van der Waals surface area contributed by atoms with Crippen molar-refractivity contribution in [2.75, 3.05) is 0 Å². The van der Waals surface area contributed by atoms with Crippen LogP contribution in [-0.4, -0.2) is 0 Å². The van der Waals surface area contributed by atoms with Gasteiger partial charge in [0.05, 0.1) is 5.69 Å². The third-order valence-electron chi connectivity index (χ3n) is 2.09. The van der Waals surface area contributed by atoms with Gasteiger partial charge in [-0.2, -0.15) is 5.11 Å². The molecule has 18 heavy (non-hydrogen) atoms. The number of benzene rings is 2. The summed E-state index contributed by atoms with van der Waals surface area (Å²) < 4.78 is 26.4. The van der Waals surface area contributed by atoms with E-state index in [0.29, 0.717) is 14.3 Å². The Labute approximate surface area is 121 Å². The first-order valence-electron chi connectivity index (χ1n) is 4.88. The molecule has 0 aliphatic carbocycles. The van der Waals surface area contributed by atoms with Gasteiger partial charge in [-0.15, -0.1) is 5.11 Å². The largest absolute Gasteiger partial charge is 0.204 e. The first-order chi connectivity index (χ1) is 8.56. The van der Waals surface area contributed by atoms with Gasteiger partial charge in [-0.05, 0) is 52.9 Å². The van der Waals surface area contributed by atoms with Gasteiger partial charge in [0.2, 0.25) is 0 Å². The zero-order valence-corrected chi connectivity index (χ0v) is 11.8. The maximum absolute atomic E-state index is 13.0. The molecule has 6 heteroatoms. The molecule has 0 radical (unpaired) electrons. The maximum Gasteiger partial charge on any atom is 0.161 e. The summed E-state index contributed by atoms with van der Waals surface area (Å²) in [6, 6.07) is 8.79. The van der Waals surface area contributed by atoms with E-state index in [9.17, 15) is 8.78 Å². The molecular weight excluding hydrogens is 372 g/mol. The van der Waals surface area contributed by atoms with E-state index in [4.69, 9.17) is 11.6 Å². The summed E-state index contributed by atoms with van der Waals surface area (Å²) in [4.78, 5) is 0. The number of halogens is 4. The molecule has 2 aromatic carbocycles. The minimum atomic E-state index is -0.944. The molecule has 0 heterocycles. The van der Waals surface area contributed by atoms with Crippen molar-refractivity contribution in [3.63, 3.8) is 0 Å². The Kier molecular flexibility index (Phi) is 4.23. The predicted molar refractivity (Wildman–Crippen MR) is 74.7 cm³/mol. The lowest BCUT2D eigenvalue weighted by molar-refractivity contribution is 0.508. The van der Waals surface area contributed by atoms with E-state index in [-0.39, 0.29) is 5.69 Å². The second-order valence-corrected chi connectivity index (χ2v) is 4.99. The number of nitrogens with zero attached hydrogens (tertiary/aromatic N) is 2. The zero-order valence-electron chi connectivity index (χ0n) is 8.87. The van der Waals surface area contributed by atoms with Gasteiger partial charge in [-0.3, -0.25) is 0 Å². The van der Waals surface area contributed by atoms with Gasteiger partial charge in [0.15, 0.2) is 11.6 Å². The lowest BCUT2D eigenvalue weighted by Crippen LogP contribution is -1.84. The van der Waals surface area contributed by atoms with Crippen LogP contribution in [-0.2, 0) is 0 Å². The molecule has 0 spiro atoms. The number of azo groups is 1. The molecule has 0 bridgehead atoms. The van der Waals surface area contributed by atoms with Crippen molar-refractivity contribution in [2.24, 2.45) is 10.2 Å². The molecule has 0 unspecified atom stereocenters. The monoisotopic (exact) mass is 378 g/mol. The summed E-state index contributed by atoms with van der Waals surface area (Å²) in [5.74, 6) is -1.84. The Morgan fingerprint density at radius 3 is 2.22 bits per heavy atom. The molecule has 92 valence electrons. The van der Waals surface area contributed by atoms with E-state index in [1.807, 2.05) is 22.6 Å². The first kappa shape index (κ1) is 13.4. The fourth-order valence-corrected chi connectivity index (χ4v) is 1.87. The molecule has 0 aliphatic rings. The predicted octanol–water partition coefficient (Wildman–Crippen LogP) is 5.64. The normalized spacial score (nSPS) is 11.1. The molecule has 0 amide bonds. The topological polar surface area (TPSA) is 24.7 Å². The fourth-order valence-electron chi connectivity index (χ4n) is 1.21. The summed E-state index contributed by atoms with van der Waals surface area (Å²) in [5.41, 5.74) is 0.865. The fraction of sp³-hybridized carbons (Fsp3) is 0. The average molecular weight is 379 g/mol. The molecule has 0 atom stereocenters. The Bertz CT molecular complexity index is 600. The Morgan fingerprint density at radius 2 is 1.56 bits per heavy atom. The van der Waals surface area contributed by atoms with Gasteiger partial charge >= 0.3 is 0 Å². The van der Waals surface area contributed by atoms with Gasteiger partial charge in [0, 0.05) is 14.7 Å². The van der Waals surface area contributed by atoms with Crippen LogP contribution < -0.4 is 0 Å². The molecule has 2 nitrogen and oxygen atoms in total. The molecule has 0 saturated carbocycles. The Morgan fingerprint density at radius 1 is 0.944 bits per heavy atom. The van der Waals surface area contributed by atoms with Crippen molar-refractivity contribution >= 4 is 45.6 Å². The minimum absolute atomic E-state index is 0.282. The van der Waals surface area contributed by atoms with Crippen LogP contribution in [0.2, 0.25) is 5.02 Å². The van der Waals surface area contributed by atoms with E-state index in [1.165, 1.54) is 0 Å². The lowest BCUT2D eigenvalue weighted by atomic mass is 10.3. The highest BCUT2D eigenvalue weighted by Crippen LogP contribution is 2.26. The maximum atomic E-state index is 13.0. The number of hydrogen-bond acceptors (Lipinski definition) is 2. The SMILES string of the molecule is Fc1cc(I)c(N=Nc2ccc(Cl)cc2)cc1F. The van der Waals surface area contributed by atoms with Crippen molar-refractivity contribution < 1.29 is 8.78 Å².